The molecule has 0 spiro atoms. The quantitative estimate of drug-likeness (QED) is 0.588. The largest absolute Gasteiger partial charge is 0.0709 e. The molecule has 1 aliphatic rings. The molecule has 0 aromatic heterocycles. The molecular weight excluding hydrogens is 192 g/mol. The van der Waals surface area contributed by atoms with Crippen LogP contribution in [0.25, 0.3) is 5.57 Å². The van der Waals surface area contributed by atoms with Crippen LogP contribution in [0.3, 0.4) is 0 Å². The Kier molecular flexibility index (Phi) is 2.31. The van der Waals surface area contributed by atoms with Crippen LogP contribution in [0.1, 0.15) is 58.2 Å². The average Bonchev–Trinajstić information content (AvgIpc) is 2.36. The van der Waals surface area contributed by atoms with Crippen LogP contribution in [0.15, 0.2) is 24.3 Å². The lowest BCUT2D eigenvalue weighted by atomic mass is 9.82. The summed E-state index contributed by atoms with van der Waals surface area (Å²) in [6.45, 7) is 13.6. The predicted molar refractivity (Wildman–Crippen MR) is 71.8 cm³/mol. The van der Waals surface area contributed by atoms with Crippen molar-refractivity contribution >= 4 is 5.57 Å². The highest BCUT2D eigenvalue weighted by atomic mass is 14.3. The van der Waals surface area contributed by atoms with Gasteiger partial charge in [0, 0.05) is 5.41 Å². The summed E-state index contributed by atoms with van der Waals surface area (Å²) < 4.78 is 0. The van der Waals surface area contributed by atoms with Crippen molar-refractivity contribution in [3.63, 3.8) is 0 Å². The van der Waals surface area contributed by atoms with Gasteiger partial charge in [0.25, 0.3) is 0 Å². The van der Waals surface area contributed by atoms with Crippen LogP contribution in [0, 0.1) is 0 Å². The molecule has 0 amide bonds. The van der Waals surface area contributed by atoms with Crippen LogP contribution in [0.4, 0.5) is 0 Å². The molecule has 0 aliphatic heterocycles. The fourth-order valence-electron chi connectivity index (χ4n) is 2.60. The lowest BCUT2D eigenvalue weighted by Gasteiger charge is -2.23. The molecule has 0 saturated heterocycles. The average molecular weight is 214 g/mol. The van der Waals surface area contributed by atoms with Crippen LogP contribution >= 0.6 is 0 Å². The lowest BCUT2D eigenvalue weighted by molar-refractivity contribution is 0.588. The molecule has 0 saturated carbocycles. The summed E-state index contributed by atoms with van der Waals surface area (Å²) in [6, 6.07) is 6.96. The Bertz CT molecular complexity index is 453. The first kappa shape index (κ1) is 11.4. The minimum atomic E-state index is 0.204. The Hall–Kier alpha value is -1.04. The van der Waals surface area contributed by atoms with Gasteiger partial charge in [0.05, 0.1) is 0 Å². The molecule has 0 atom stereocenters. The molecule has 0 radical (unpaired) electrons. The maximum Gasteiger partial charge on any atom is 0.00872 e. The topological polar surface area (TPSA) is 0 Å². The van der Waals surface area contributed by atoms with Crippen LogP contribution in [0.5, 0.6) is 0 Å². The van der Waals surface area contributed by atoms with Crippen molar-refractivity contribution in [1.29, 1.82) is 0 Å². The van der Waals surface area contributed by atoms with Gasteiger partial charge in [-0.15, -0.1) is 0 Å². The molecule has 0 fully saturated rings. The van der Waals surface area contributed by atoms with Crippen LogP contribution in [-0.4, -0.2) is 0 Å². The van der Waals surface area contributed by atoms with E-state index in [-0.39, 0.29) is 10.8 Å². The van der Waals surface area contributed by atoms with E-state index in [9.17, 15) is 0 Å². The first-order valence-corrected chi connectivity index (χ1v) is 6.07. The molecule has 0 N–H and O–H groups in total. The predicted octanol–water partition coefficient (Wildman–Crippen LogP) is 4.68. The maximum atomic E-state index is 2.38. The van der Waals surface area contributed by atoms with E-state index in [4.69, 9.17) is 0 Å². The number of allylic oxidation sites excluding steroid dienone is 2. The van der Waals surface area contributed by atoms with E-state index >= 15 is 0 Å². The highest BCUT2D eigenvalue weighted by Gasteiger charge is 2.29. The zero-order valence-electron chi connectivity index (χ0n) is 11.3. The van der Waals surface area contributed by atoms with Crippen molar-refractivity contribution < 1.29 is 0 Å². The molecule has 2 rings (SSSR count). The highest BCUT2D eigenvalue weighted by molar-refractivity contribution is 5.75. The fourth-order valence-corrected chi connectivity index (χ4v) is 2.60. The van der Waals surface area contributed by atoms with Crippen LogP contribution < -0.4 is 0 Å². The maximum absolute atomic E-state index is 2.38. The second kappa shape index (κ2) is 3.23. The summed E-state index contributed by atoms with van der Waals surface area (Å²) in [5, 5.41) is 0. The first-order valence-electron chi connectivity index (χ1n) is 6.07. The highest BCUT2D eigenvalue weighted by Crippen LogP contribution is 2.41. The van der Waals surface area contributed by atoms with Gasteiger partial charge < -0.3 is 0 Å². The van der Waals surface area contributed by atoms with Crippen molar-refractivity contribution in [2.24, 2.45) is 0 Å². The molecule has 0 nitrogen and oxygen atoms in total. The van der Waals surface area contributed by atoms with E-state index < -0.39 is 0 Å². The van der Waals surface area contributed by atoms with Gasteiger partial charge in [0.15, 0.2) is 0 Å². The van der Waals surface area contributed by atoms with Crippen molar-refractivity contribution in [2.75, 3.05) is 0 Å². The Labute approximate surface area is 99.4 Å². The summed E-state index contributed by atoms with van der Waals surface area (Å²) in [7, 11) is 0. The number of benzene rings is 1. The SMILES string of the molecule is CC1=CC(C)(C)c2ccc(C(C)(C)C)cc21. The smallest absolute Gasteiger partial charge is 0.00872 e. The molecule has 0 unspecified atom stereocenters. The first-order chi connectivity index (χ1) is 7.22. The summed E-state index contributed by atoms with van der Waals surface area (Å²) in [5.74, 6) is 0. The second-order valence-electron chi connectivity index (χ2n) is 6.56. The van der Waals surface area contributed by atoms with Gasteiger partial charge in [-0.2, -0.15) is 0 Å². The Morgan fingerprint density at radius 1 is 1.06 bits per heavy atom. The Morgan fingerprint density at radius 3 is 2.25 bits per heavy atom. The van der Waals surface area contributed by atoms with Gasteiger partial charge in [-0.1, -0.05) is 58.9 Å². The number of rotatable bonds is 0. The van der Waals surface area contributed by atoms with E-state index in [0.29, 0.717) is 0 Å². The zero-order chi connectivity index (χ0) is 12.1. The third kappa shape index (κ3) is 1.71. The minimum absolute atomic E-state index is 0.204. The zero-order valence-corrected chi connectivity index (χ0v) is 11.3. The monoisotopic (exact) mass is 214 g/mol. The Balaban J connectivity index is 2.59. The molecule has 1 aliphatic carbocycles. The number of fused-ring (bicyclic) bond motifs is 1. The molecular formula is C16H22. The summed E-state index contributed by atoms with van der Waals surface area (Å²) in [6.07, 6.45) is 2.38. The van der Waals surface area contributed by atoms with E-state index in [1.54, 1.807) is 0 Å². The third-order valence-corrected chi connectivity index (χ3v) is 3.58. The molecule has 0 bridgehead atoms. The fraction of sp³-hybridized carbons (Fsp3) is 0.500. The standard InChI is InChI=1S/C16H22/c1-11-10-16(5,6)14-8-7-12(9-13(11)14)15(2,3)4/h7-10H,1-6H3. The minimum Gasteiger partial charge on any atom is -0.0709 e. The molecule has 0 heteroatoms. The van der Waals surface area contributed by atoms with Crippen LogP contribution in [-0.2, 0) is 10.8 Å². The van der Waals surface area contributed by atoms with Crippen molar-refractivity contribution in [2.45, 2.75) is 52.4 Å². The van der Waals surface area contributed by atoms with Gasteiger partial charge in [0.2, 0.25) is 0 Å². The molecule has 86 valence electrons. The third-order valence-electron chi connectivity index (χ3n) is 3.58. The molecule has 16 heavy (non-hydrogen) atoms. The van der Waals surface area contributed by atoms with Crippen LogP contribution in [0.2, 0.25) is 0 Å². The Morgan fingerprint density at radius 2 is 1.69 bits per heavy atom. The van der Waals surface area contributed by atoms with Gasteiger partial charge in [0.1, 0.15) is 0 Å². The number of hydrogen-bond acceptors (Lipinski definition) is 0. The normalized spacial score (nSPS) is 18.2. The number of hydrogen-bond donors (Lipinski definition) is 0. The van der Waals surface area contributed by atoms with E-state index in [2.05, 4.69) is 65.8 Å². The van der Waals surface area contributed by atoms with Crippen molar-refractivity contribution in [3.8, 4) is 0 Å². The lowest BCUT2D eigenvalue weighted by Crippen LogP contribution is -2.14. The van der Waals surface area contributed by atoms with Gasteiger partial charge in [-0.25, -0.2) is 0 Å². The summed E-state index contributed by atoms with van der Waals surface area (Å²) in [5.41, 5.74) is 6.20. The second-order valence-corrected chi connectivity index (χ2v) is 6.56. The van der Waals surface area contributed by atoms with Gasteiger partial charge >= 0.3 is 0 Å². The van der Waals surface area contributed by atoms with E-state index in [1.807, 2.05) is 0 Å². The van der Waals surface area contributed by atoms with Crippen molar-refractivity contribution in [1.82, 2.24) is 0 Å². The van der Waals surface area contributed by atoms with E-state index in [0.717, 1.165) is 0 Å². The molecule has 1 aromatic rings. The molecule has 0 heterocycles. The van der Waals surface area contributed by atoms with Gasteiger partial charge in [-0.05, 0) is 34.6 Å². The molecule has 1 aromatic carbocycles. The van der Waals surface area contributed by atoms with Gasteiger partial charge in [-0.3, -0.25) is 0 Å². The summed E-state index contributed by atoms with van der Waals surface area (Å²) >= 11 is 0. The van der Waals surface area contributed by atoms with E-state index in [1.165, 1.54) is 22.3 Å². The summed E-state index contributed by atoms with van der Waals surface area (Å²) in [4.78, 5) is 0. The van der Waals surface area contributed by atoms with Crippen molar-refractivity contribution in [3.05, 3.63) is 41.0 Å².